The van der Waals surface area contributed by atoms with E-state index in [0.717, 1.165) is 12.2 Å². The van der Waals surface area contributed by atoms with Gasteiger partial charge in [-0.2, -0.15) is 11.8 Å². The summed E-state index contributed by atoms with van der Waals surface area (Å²) in [4.78, 5) is 0. The average molecular weight is 174 g/mol. The van der Waals surface area contributed by atoms with E-state index in [1.165, 1.54) is 19.3 Å². The minimum Gasteiger partial charge on any atom is -0.392 e. The molecular weight excluding hydrogens is 156 g/mol. The highest BCUT2D eigenvalue weighted by Gasteiger charge is 2.34. The molecule has 1 nitrogen and oxygen atoms in total. The van der Waals surface area contributed by atoms with Crippen molar-refractivity contribution in [2.75, 3.05) is 5.75 Å². The Morgan fingerprint density at radius 3 is 2.82 bits per heavy atom. The molecule has 66 valence electrons. The molecule has 2 atom stereocenters. The molecule has 1 N–H and O–H groups in total. The minimum absolute atomic E-state index is 0.0683. The first-order chi connectivity index (χ1) is 5.19. The Hall–Kier alpha value is 0.310. The number of aliphatic hydroxyl groups is 1. The lowest BCUT2D eigenvalue weighted by Gasteiger charge is -2.37. The molecule has 2 unspecified atom stereocenters. The van der Waals surface area contributed by atoms with Crippen LogP contribution in [0.3, 0.4) is 0 Å². The third-order valence-electron chi connectivity index (χ3n) is 2.58. The van der Waals surface area contributed by atoms with E-state index in [0.29, 0.717) is 0 Å². The van der Waals surface area contributed by atoms with Gasteiger partial charge in [-0.05, 0) is 25.5 Å². The molecule has 0 aromatic heterocycles. The monoisotopic (exact) mass is 174 g/mol. The third kappa shape index (κ3) is 2.12. The topological polar surface area (TPSA) is 20.2 Å². The van der Waals surface area contributed by atoms with Crippen molar-refractivity contribution in [3.8, 4) is 0 Å². The fraction of sp³-hybridized carbons (Fsp3) is 1.00. The Bertz CT molecular complexity index is 123. The van der Waals surface area contributed by atoms with Crippen LogP contribution in [0.25, 0.3) is 0 Å². The summed E-state index contributed by atoms with van der Waals surface area (Å²) >= 11 is 1.91. The summed E-state index contributed by atoms with van der Waals surface area (Å²) in [5.74, 6) is 1.12. The van der Waals surface area contributed by atoms with E-state index in [-0.39, 0.29) is 10.9 Å². The molecule has 11 heavy (non-hydrogen) atoms. The standard InChI is InChI=1S/C9H18OS/c1-3-11-9(2)7-5-4-6-8(9)10/h8,10H,3-7H2,1-2H3. The Kier molecular flexibility index (Phi) is 3.26. The van der Waals surface area contributed by atoms with Crippen LogP contribution in [0.4, 0.5) is 0 Å². The van der Waals surface area contributed by atoms with Gasteiger partial charge >= 0.3 is 0 Å². The van der Waals surface area contributed by atoms with Gasteiger partial charge in [0.1, 0.15) is 0 Å². The van der Waals surface area contributed by atoms with Gasteiger partial charge in [-0.3, -0.25) is 0 Å². The van der Waals surface area contributed by atoms with Gasteiger partial charge < -0.3 is 5.11 Å². The molecule has 1 fully saturated rings. The van der Waals surface area contributed by atoms with Crippen molar-refractivity contribution >= 4 is 11.8 Å². The van der Waals surface area contributed by atoms with E-state index >= 15 is 0 Å². The normalized spacial score (nSPS) is 39.0. The number of rotatable bonds is 2. The highest BCUT2D eigenvalue weighted by molar-refractivity contribution is 8.00. The van der Waals surface area contributed by atoms with Crippen LogP contribution in [-0.2, 0) is 0 Å². The van der Waals surface area contributed by atoms with Crippen molar-refractivity contribution < 1.29 is 5.11 Å². The first kappa shape index (κ1) is 9.40. The fourth-order valence-corrected chi connectivity index (χ4v) is 3.04. The van der Waals surface area contributed by atoms with Gasteiger partial charge in [0, 0.05) is 4.75 Å². The summed E-state index contributed by atoms with van der Waals surface area (Å²) in [6.45, 7) is 4.36. The predicted octanol–water partition coefficient (Wildman–Crippen LogP) is 2.43. The van der Waals surface area contributed by atoms with Crippen molar-refractivity contribution in [2.45, 2.75) is 50.4 Å². The summed E-state index contributed by atoms with van der Waals surface area (Å²) < 4.78 is 0.160. The molecule has 2 heteroatoms. The van der Waals surface area contributed by atoms with Gasteiger partial charge in [-0.1, -0.05) is 19.8 Å². The van der Waals surface area contributed by atoms with Crippen molar-refractivity contribution in [3.05, 3.63) is 0 Å². The Balaban J connectivity index is 2.49. The van der Waals surface area contributed by atoms with Crippen LogP contribution in [0.1, 0.15) is 39.5 Å². The molecule has 0 amide bonds. The van der Waals surface area contributed by atoms with Crippen LogP contribution < -0.4 is 0 Å². The summed E-state index contributed by atoms with van der Waals surface area (Å²) in [5.41, 5.74) is 0. The lowest BCUT2D eigenvalue weighted by atomic mass is 9.87. The molecule has 0 radical (unpaired) electrons. The summed E-state index contributed by atoms with van der Waals surface area (Å²) in [7, 11) is 0. The average Bonchev–Trinajstić information content (AvgIpc) is 1.96. The van der Waals surface area contributed by atoms with Crippen molar-refractivity contribution in [1.82, 2.24) is 0 Å². The van der Waals surface area contributed by atoms with E-state index < -0.39 is 0 Å². The maximum absolute atomic E-state index is 9.74. The zero-order valence-corrected chi connectivity index (χ0v) is 8.28. The van der Waals surface area contributed by atoms with Crippen LogP contribution in [-0.4, -0.2) is 21.7 Å². The highest BCUT2D eigenvalue weighted by Crippen LogP contribution is 2.39. The second kappa shape index (κ2) is 3.81. The molecule has 0 saturated heterocycles. The highest BCUT2D eigenvalue weighted by atomic mass is 32.2. The largest absolute Gasteiger partial charge is 0.392 e. The van der Waals surface area contributed by atoms with Gasteiger partial charge in [0.2, 0.25) is 0 Å². The van der Waals surface area contributed by atoms with Crippen molar-refractivity contribution in [2.24, 2.45) is 0 Å². The van der Waals surface area contributed by atoms with Crippen LogP contribution in [0.5, 0.6) is 0 Å². The molecule has 1 aliphatic rings. The molecule has 0 bridgehead atoms. The van der Waals surface area contributed by atoms with Gasteiger partial charge in [0.25, 0.3) is 0 Å². The lowest BCUT2D eigenvalue weighted by Crippen LogP contribution is -2.39. The molecule has 0 aromatic rings. The lowest BCUT2D eigenvalue weighted by molar-refractivity contribution is 0.0982. The second-order valence-corrected chi connectivity index (χ2v) is 5.31. The maximum Gasteiger partial charge on any atom is 0.0684 e. The minimum atomic E-state index is -0.0683. The number of hydrogen-bond acceptors (Lipinski definition) is 2. The van der Waals surface area contributed by atoms with E-state index in [2.05, 4.69) is 13.8 Å². The predicted molar refractivity (Wildman–Crippen MR) is 51.0 cm³/mol. The SMILES string of the molecule is CCSC1(C)CCCCC1O. The Morgan fingerprint density at radius 1 is 1.55 bits per heavy atom. The summed E-state index contributed by atoms with van der Waals surface area (Å²) in [6.07, 6.45) is 4.62. The maximum atomic E-state index is 9.74. The van der Waals surface area contributed by atoms with Crippen LogP contribution in [0, 0.1) is 0 Å². The zero-order valence-electron chi connectivity index (χ0n) is 7.47. The molecule has 1 rings (SSSR count). The quantitative estimate of drug-likeness (QED) is 0.694. The smallest absolute Gasteiger partial charge is 0.0684 e. The molecule has 1 saturated carbocycles. The van der Waals surface area contributed by atoms with Gasteiger partial charge in [0.15, 0.2) is 0 Å². The third-order valence-corrected chi connectivity index (χ3v) is 4.00. The fourth-order valence-electron chi connectivity index (χ4n) is 1.78. The van der Waals surface area contributed by atoms with Crippen LogP contribution in [0.15, 0.2) is 0 Å². The van der Waals surface area contributed by atoms with E-state index in [9.17, 15) is 5.11 Å². The molecule has 0 heterocycles. The summed E-state index contributed by atoms with van der Waals surface area (Å²) in [6, 6.07) is 0. The van der Waals surface area contributed by atoms with E-state index in [4.69, 9.17) is 0 Å². The first-order valence-electron chi connectivity index (χ1n) is 4.51. The molecule has 0 aliphatic heterocycles. The van der Waals surface area contributed by atoms with E-state index in [1.807, 2.05) is 11.8 Å². The van der Waals surface area contributed by atoms with E-state index in [1.54, 1.807) is 0 Å². The second-order valence-electron chi connectivity index (χ2n) is 3.51. The molecular formula is C9H18OS. The van der Waals surface area contributed by atoms with Gasteiger partial charge in [-0.25, -0.2) is 0 Å². The Morgan fingerprint density at radius 2 is 2.27 bits per heavy atom. The Labute approximate surface area is 73.6 Å². The van der Waals surface area contributed by atoms with Gasteiger partial charge in [0.05, 0.1) is 6.10 Å². The first-order valence-corrected chi connectivity index (χ1v) is 5.49. The van der Waals surface area contributed by atoms with Crippen molar-refractivity contribution in [1.29, 1.82) is 0 Å². The molecule has 0 aromatic carbocycles. The number of aliphatic hydroxyl groups excluding tert-OH is 1. The molecule has 0 spiro atoms. The number of hydrogen-bond donors (Lipinski definition) is 1. The van der Waals surface area contributed by atoms with Crippen molar-refractivity contribution in [3.63, 3.8) is 0 Å². The number of thioether (sulfide) groups is 1. The summed E-state index contributed by atoms with van der Waals surface area (Å²) in [5, 5.41) is 9.74. The molecule has 1 aliphatic carbocycles. The van der Waals surface area contributed by atoms with Gasteiger partial charge in [-0.15, -0.1) is 0 Å². The zero-order chi connectivity index (χ0) is 8.32. The van der Waals surface area contributed by atoms with Crippen LogP contribution in [0.2, 0.25) is 0 Å². The van der Waals surface area contributed by atoms with Crippen LogP contribution >= 0.6 is 11.8 Å².